The monoisotopic (exact) mass is 1930 g/mol. The second kappa shape index (κ2) is 40.7. The summed E-state index contributed by atoms with van der Waals surface area (Å²) in [7, 11) is 6.97. The van der Waals surface area contributed by atoms with Crippen LogP contribution in [0.15, 0.2) is 165 Å². The highest BCUT2D eigenvalue weighted by atomic mass is 35.5. The van der Waals surface area contributed by atoms with Crippen molar-refractivity contribution in [1.82, 2.24) is 93.0 Å². The molecule has 5 amide bonds. The van der Waals surface area contributed by atoms with Gasteiger partial charge in [-0.2, -0.15) is 0 Å². The molecule has 11 aromatic heterocycles. The number of fused-ring (bicyclic) bond motifs is 10. The number of carbonyl (C=O) groups is 8. The number of hydrogen-bond acceptors (Lipinski definition) is 24. The number of anilines is 1. The highest BCUT2D eigenvalue weighted by Gasteiger charge is 2.32. The van der Waals surface area contributed by atoms with Crippen LogP contribution in [0.2, 0.25) is 20.1 Å². The number of esters is 2. The van der Waals surface area contributed by atoms with Gasteiger partial charge in [0.25, 0.3) is 45.9 Å². The van der Waals surface area contributed by atoms with E-state index in [4.69, 9.17) is 55.9 Å². The van der Waals surface area contributed by atoms with Crippen molar-refractivity contribution in [3.05, 3.63) is 280 Å². The highest BCUT2D eigenvalue weighted by Crippen LogP contribution is 2.33. The molecule has 136 heavy (non-hydrogen) atoms. The number of carbonyl (C=O) groups excluding carboxylic acids is 7. The Hall–Kier alpha value is -15.2. The number of pyridine rings is 8. The first-order chi connectivity index (χ1) is 64.3. The number of rotatable bonds is 22. The van der Waals surface area contributed by atoms with Gasteiger partial charge in [0.1, 0.15) is 128 Å². The molecule has 704 valence electrons. The zero-order chi connectivity index (χ0) is 98.5. The molecule has 0 bridgehead atoms. The number of halogens is 4. The third-order valence-corrected chi connectivity index (χ3v) is 22.9. The number of carboxylic acid groups (broad SMARTS) is 1. The summed E-state index contributed by atoms with van der Waals surface area (Å²) < 4.78 is 20.8. The van der Waals surface area contributed by atoms with Crippen molar-refractivity contribution in [2.24, 2.45) is 27.1 Å². The number of nitrogens with zero attached hydrogens (tertiary/aromatic N) is 16. The number of aliphatic carboxylic acids is 1. The Kier molecular flexibility index (Phi) is 29.5. The zero-order valence-electron chi connectivity index (χ0n) is 76.2. The predicted octanol–water partition coefficient (Wildman–Crippen LogP) is 11.7. The van der Waals surface area contributed by atoms with Gasteiger partial charge in [-0.15, -0.1) is 0 Å². The van der Waals surface area contributed by atoms with Crippen molar-refractivity contribution >= 4 is 182 Å². The summed E-state index contributed by atoms with van der Waals surface area (Å²) >= 11 is 23.6. The third-order valence-electron chi connectivity index (χ3n) is 21.9. The fourth-order valence-corrected chi connectivity index (χ4v) is 15.7. The lowest BCUT2D eigenvalue weighted by Gasteiger charge is -2.37. The summed E-state index contributed by atoms with van der Waals surface area (Å²) in [5.41, 5.74) is 2.76. The van der Waals surface area contributed by atoms with Gasteiger partial charge in [-0.05, 0) is 163 Å². The van der Waals surface area contributed by atoms with E-state index >= 15 is 0 Å². The van der Waals surface area contributed by atoms with Gasteiger partial charge in [-0.3, -0.25) is 85.9 Å². The normalized spacial score (nSPS) is 12.0. The largest absolute Gasteiger partial charge is 0.480 e. The number of ether oxygens (including phenoxy) is 2. The summed E-state index contributed by atoms with van der Waals surface area (Å²) in [6, 6.07) is 33.5. The first-order valence-electron chi connectivity index (χ1n) is 42.3. The van der Waals surface area contributed by atoms with Crippen molar-refractivity contribution in [3.8, 4) is 0 Å². The van der Waals surface area contributed by atoms with Gasteiger partial charge in [0.05, 0.1) is 40.1 Å². The molecule has 15 aromatic rings. The van der Waals surface area contributed by atoms with Crippen LogP contribution in [-0.2, 0) is 102 Å². The number of carboxylic acids is 1. The van der Waals surface area contributed by atoms with Crippen LogP contribution in [0.1, 0.15) is 130 Å². The van der Waals surface area contributed by atoms with E-state index in [0.29, 0.717) is 94.3 Å². The molecular weight excluding hydrogens is 1840 g/mol. The minimum Gasteiger partial charge on any atom is -0.480 e. The number of hydrogen-bond donors (Lipinski definition) is 6. The molecular formula is C94H93Cl4N21O17. The number of aryl methyl sites for hydroxylation is 6. The molecule has 0 saturated carbocycles. The molecule has 1 aliphatic rings. The number of aromatic nitrogens is 14. The maximum Gasteiger partial charge on any atom is 0.326 e. The summed E-state index contributed by atoms with van der Waals surface area (Å²) in [6.45, 7) is 18.1. The smallest absolute Gasteiger partial charge is 0.326 e. The lowest BCUT2D eigenvalue weighted by Crippen LogP contribution is -2.50. The molecule has 12 heterocycles. The van der Waals surface area contributed by atoms with Crippen LogP contribution in [0.25, 0.3) is 77.2 Å². The quantitative estimate of drug-likeness (QED) is 0.0208. The highest BCUT2D eigenvalue weighted by molar-refractivity contribution is 6.31. The van der Waals surface area contributed by atoms with Crippen molar-refractivity contribution < 1.29 is 57.9 Å². The second-order valence-electron chi connectivity index (χ2n) is 34.1. The lowest BCUT2D eigenvalue weighted by molar-refractivity contribution is -0.384. The van der Waals surface area contributed by atoms with Gasteiger partial charge in [-0.1, -0.05) is 102 Å². The lowest BCUT2D eigenvalue weighted by atomic mass is 10.0. The number of imidazole rings is 3. The van der Waals surface area contributed by atoms with Gasteiger partial charge in [-0.25, -0.2) is 34.9 Å². The molecule has 42 heteroatoms. The van der Waals surface area contributed by atoms with Crippen LogP contribution in [0.4, 0.5) is 11.4 Å². The number of likely N-dealkylation sites (tertiary alicyclic amines) is 1. The maximum atomic E-state index is 13.5. The zero-order valence-corrected chi connectivity index (χ0v) is 79.2. The van der Waals surface area contributed by atoms with Gasteiger partial charge in [0.2, 0.25) is 5.91 Å². The van der Waals surface area contributed by atoms with Gasteiger partial charge in [0, 0.05) is 109 Å². The number of benzene rings is 4. The van der Waals surface area contributed by atoms with Crippen LogP contribution in [0, 0.1) is 36.8 Å². The van der Waals surface area contributed by atoms with Crippen molar-refractivity contribution in [2.45, 2.75) is 133 Å². The Balaban J connectivity index is 0.000000154. The molecule has 0 atom stereocenters. The van der Waals surface area contributed by atoms with Crippen molar-refractivity contribution in [3.63, 3.8) is 0 Å². The summed E-state index contributed by atoms with van der Waals surface area (Å²) in [5.74, 6) is -2.50. The van der Waals surface area contributed by atoms with Crippen LogP contribution < -0.4 is 48.8 Å². The Morgan fingerprint density at radius 3 is 0.985 bits per heavy atom. The summed E-state index contributed by atoms with van der Waals surface area (Å²) in [4.78, 5) is 198. The minimum absolute atomic E-state index is 0.00920. The third kappa shape index (κ3) is 22.2. The van der Waals surface area contributed by atoms with Gasteiger partial charge >= 0.3 is 23.6 Å². The molecule has 38 nitrogen and oxygen atoms in total. The average Bonchev–Trinajstić information content (AvgIpc) is 1.49. The second-order valence-corrected chi connectivity index (χ2v) is 35.9. The van der Waals surface area contributed by atoms with E-state index in [1.165, 1.54) is 40.6 Å². The van der Waals surface area contributed by atoms with E-state index < -0.39 is 93.0 Å². The average molecular weight is 1930 g/mol. The van der Waals surface area contributed by atoms with Gasteiger partial charge < -0.3 is 59.8 Å². The Bertz CT molecular complexity index is 7600. The summed E-state index contributed by atoms with van der Waals surface area (Å²) in [6.07, 6.45) is 5.62. The fraction of sp³-hybridized carbons (Fsp3) is 0.287. The fourth-order valence-electron chi connectivity index (χ4n) is 15.2. The van der Waals surface area contributed by atoms with E-state index in [2.05, 4.69) is 68.4 Å². The SMILES string of the molecule is CNc1c([N+](=O)[O-])cnc2c1cc(C(=O)NCc1ccc(Cl)cc1)c(=O)n2CC(=O)OC(C)(C)C.Cc1nc2cnc3c(cc(C(=O)NCc4ccc(Cl)cc4)c(=O)n3CC(=O)N3CC(C)C3)c2n1C.Cc1nc2cnc3c(cc(C(=O)NCc4ccc(Cl)cc4)c(=O)n3CC(=O)O)c2n1C.Cc1nc2cnc3c(cc(C(=O)NCc4ccc(Cl)cc4)c(=O)n3CC(=O)OC(C)(C)C)c2n1C. The Labute approximate surface area is 793 Å². The van der Waals surface area contributed by atoms with E-state index in [1.54, 1.807) is 169 Å². The molecule has 16 rings (SSSR count). The molecule has 0 spiro atoms. The first kappa shape index (κ1) is 98.4. The van der Waals surface area contributed by atoms with E-state index in [-0.39, 0.29) is 101 Å². The predicted molar refractivity (Wildman–Crippen MR) is 513 cm³/mol. The van der Waals surface area contributed by atoms with Crippen LogP contribution in [0.5, 0.6) is 0 Å². The summed E-state index contributed by atoms with van der Waals surface area (Å²) in [5, 5.41) is 38.5. The Morgan fingerprint density at radius 2 is 0.713 bits per heavy atom. The van der Waals surface area contributed by atoms with Crippen molar-refractivity contribution in [1.29, 1.82) is 0 Å². The minimum atomic E-state index is -1.22. The number of amides is 5. The van der Waals surface area contributed by atoms with E-state index in [9.17, 15) is 72.8 Å². The molecule has 1 saturated heterocycles. The number of nitrogens with one attached hydrogen (secondary N) is 5. The van der Waals surface area contributed by atoms with E-state index in [1.807, 2.05) is 48.6 Å². The van der Waals surface area contributed by atoms with Crippen LogP contribution in [0.3, 0.4) is 0 Å². The first-order valence-corrected chi connectivity index (χ1v) is 43.8. The molecule has 4 aromatic carbocycles. The molecule has 0 radical (unpaired) electrons. The van der Waals surface area contributed by atoms with Crippen LogP contribution in [-0.4, -0.2) is 161 Å². The van der Waals surface area contributed by atoms with E-state index in [0.717, 1.165) is 54.8 Å². The topological polar surface area (TPSA) is 475 Å². The van der Waals surface area contributed by atoms with Crippen LogP contribution >= 0.6 is 46.4 Å². The molecule has 0 unspecified atom stereocenters. The maximum absolute atomic E-state index is 13.5. The Morgan fingerprint density at radius 1 is 0.441 bits per heavy atom. The molecule has 1 aliphatic heterocycles. The van der Waals surface area contributed by atoms with Gasteiger partial charge in [0.15, 0.2) is 0 Å². The standard InChI is InChI=1S/C25H25ClN6O3.C25H26ClN5O4.C23H24ClN5O6.C21H18ClN5O4/c1-14-11-31(12-14)21(33)13-32-23-18(22-20(10-27-23)29-15(2)30(22)3)8-19(25(32)35)24(34)28-9-16-4-6-17(26)7-5-16;1-14-29-19-12-27-22-17(21(19)30(14)5)10-18(23(33)28-11-15-6-8-16(26)9-7-15)24(34)31(22)13-20(32)35-25(2,3)4;1-23(2,3)35-18(30)12-28-20-15(19(25-4)17(11-26-20)29(33)34)9-16(22(28)32)21(31)27-10-13-5-7-14(24)8-6-13;1-11-25-16-9-23-19-14(18(16)26(11)2)7-15(21(31)27(19)10-17(28)29)20(30)24-8-12-3-5-13(22)6-4-12/h4-8,10,14H,9,11-13H2,1-3H3,(H,28,34);6-10,12H,11,13H2,1-5H3,(H,28,33);5-9,11H,10,12H2,1-4H3,(H,25,26)(H,27,31);3-7,9H,8,10H2,1-2H3,(H,24,30)(H,28,29). The molecule has 1 fully saturated rings. The molecule has 0 aliphatic carbocycles. The number of nitro groups is 1. The van der Waals surface area contributed by atoms with Crippen molar-refractivity contribution in [2.75, 3.05) is 25.5 Å². The molecule has 6 N–H and O–H groups in total.